The second kappa shape index (κ2) is 8.74. The molecule has 2 aromatic rings. The van der Waals surface area contributed by atoms with Crippen molar-refractivity contribution in [3.05, 3.63) is 42.0 Å². The molecule has 0 aromatic heterocycles. The molecule has 0 atom stereocenters. The third kappa shape index (κ3) is 4.98. The van der Waals surface area contributed by atoms with Gasteiger partial charge in [-0.05, 0) is 42.5 Å². The fourth-order valence-corrected chi connectivity index (χ4v) is 2.17. The summed E-state index contributed by atoms with van der Waals surface area (Å²) in [6, 6.07) is 10.2. The number of rotatable bonds is 6. The summed E-state index contributed by atoms with van der Waals surface area (Å²) < 4.78 is 15.5. The molecular formula is C17H19N3O4S. The van der Waals surface area contributed by atoms with Crippen LogP contribution in [0.2, 0.25) is 0 Å². The summed E-state index contributed by atoms with van der Waals surface area (Å²) in [7, 11) is 4.68. The maximum Gasteiger partial charge on any atom is 0.191 e. The Hall–Kier alpha value is -3.00. The second-order valence-corrected chi connectivity index (χ2v) is 5.23. The quantitative estimate of drug-likeness (QED) is 0.414. The van der Waals surface area contributed by atoms with Crippen LogP contribution in [0.3, 0.4) is 0 Å². The van der Waals surface area contributed by atoms with E-state index in [0.29, 0.717) is 22.8 Å². The van der Waals surface area contributed by atoms with Crippen molar-refractivity contribution in [1.82, 2.24) is 5.43 Å². The first kappa shape index (κ1) is 18.3. The van der Waals surface area contributed by atoms with Gasteiger partial charge in [0.15, 0.2) is 16.6 Å². The molecule has 0 bridgehead atoms. The normalized spacial score (nSPS) is 10.4. The van der Waals surface area contributed by atoms with E-state index in [1.807, 2.05) is 0 Å². The Labute approximate surface area is 151 Å². The van der Waals surface area contributed by atoms with Crippen molar-refractivity contribution >= 4 is 29.2 Å². The molecule has 7 nitrogen and oxygen atoms in total. The molecule has 2 aromatic carbocycles. The van der Waals surface area contributed by atoms with Crippen molar-refractivity contribution in [1.29, 1.82) is 0 Å². The first-order valence-corrected chi connectivity index (χ1v) is 7.67. The van der Waals surface area contributed by atoms with Crippen molar-refractivity contribution in [2.24, 2.45) is 5.10 Å². The number of phenolic OH excluding ortho intramolecular Hbond substituents is 1. The average molecular weight is 361 g/mol. The standard InChI is InChI=1S/C17H19N3O4S/c1-22-13-5-6-14(21)11(8-13)10-18-20-17(25)19-12-4-7-15(23-2)16(9-12)24-3/h4-10,21H,1-3H3,(H2,19,20,25). The fraction of sp³-hybridized carbons (Fsp3) is 0.176. The Kier molecular flexibility index (Phi) is 6.41. The molecule has 8 heteroatoms. The van der Waals surface area contributed by atoms with E-state index in [-0.39, 0.29) is 10.9 Å². The zero-order valence-corrected chi connectivity index (χ0v) is 14.9. The third-order valence-electron chi connectivity index (χ3n) is 3.25. The molecule has 0 saturated heterocycles. The number of ether oxygens (including phenoxy) is 3. The van der Waals surface area contributed by atoms with Crippen LogP contribution in [-0.2, 0) is 0 Å². The number of benzene rings is 2. The summed E-state index contributed by atoms with van der Waals surface area (Å²) in [6.07, 6.45) is 1.44. The number of anilines is 1. The lowest BCUT2D eigenvalue weighted by Crippen LogP contribution is -2.23. The zero-order chi connectivity index (χ0) is 18.2. The Morgan fingerprint density at radius 2 is 1.80 bits per heavy atom. The number of hydrogen-bond acceptors (Lipinski definition) is 6. The van der Waals surface area contributed by atoms with Gasteiger partial charge in [-0.25, -0.2) is 0 Å². The summed E-state index contributed by atoms with van der Waals surface area (Å²) in [4.78, 5) is 0. The minimum absolute atomic E-state index is 0.0881. The van der Waals surface area contributed by atoms with E-state index in [9.17, 15) is 5.11 Å². The van der Waals surface area contributed by atoms with Crippen molar-refractivity contribution in [3.63, 3.8) is 0 Å². The number of phenols is 1. The predicted molar refractivity (Wildman–Crippen MR) is 101 cm³/mol. The van der Waals surface area contributed by atoms with Crippen LogP contribution in [0.25, 0.3) is 0 Å². The van der Waals surface area contributed by atoms with Crippen LogP contribution in [0, 0.1) is 0 Å². The van der Waals surface area contributed by atoms with Gasteiger partial charge in [-0.3, -0.25) is 5.43 Å². The molecule has 132 valence electrons. The molecule has 3 N–H and O–H groups in total. The van der Waals surface area contributed by atoms with Crippen molar-refractivity contribution < 1.29 is 19.3 Å². The maximum atomic E-state index is 9.79. The highest BCUT2D eigenvalue weighted by molar-refractivity contribution is 7.80. The summed E-state index contributed by atoms with van der Waals surface area (Å²) in [5.41, 5.74) is 3.89. The van der Waals surface area contributed by atoms with Gasteiger partial charge in [-0.2, -0.15) is 5.10 Å². The summed E-state index contributed by atoms with van der Waals surface area (Å²) in [5, 5.41) is 17.0. The van der Waals surface area contributed by atoms with Gasteiger partial charge in [0.05, 0.1) is 27.5 Å². The first-order chi connectivity index (χ1) is 12.1. The molecule has 0 spiro atoms. The van der Waals surface area contributed by atoms with Crippen LogP contribution in [0.1, 0.15) is 5.56 Å². The van der Waals surface area contributed by atoms with Crippen LogP contribution < -0.4 is 25.0 Å². The lowest BCUT2D eigenvalue weighted by molar-refractivity contribution is 0.355. The summed E-state index contributed by atoms with van der Waals surface area (Å²) in [5.74, 6) is 1.91. The smallest absolute Gasteiger partial charge is 0.191 e. The van der Waals surface area contributed by atoms with Crippen molar-refractivity contribution in [2.75, 3.05) is 26.6 Å². The van der Waals surface area contributed by atoms with Crippen molar-refractivity contribution in [3.8, 4) is 23.0 Å². The third-order valence-corrected chi connectivity index (χ3v) is 3.44. The lowest BCUT2D eigenvalue weighted by Gasteiger charge is -2.11. The van der Waals surface area contributed by atoms with Gasteiger partial charge in [0.2, 0.25) is 0 Å². The Bertz CT molecular complexity index is 780. The van der Waals surface area contributed by atoms with Crippen LogP contribution >= 0.6 is 12.2 Å². The van der Waals surface area contributed by atoms with E-state index in [1.54, 1.807) is 51.7 Å². The highest BCUT2D eigenvalue weighted by Crippen LogP contribution is 2.29. The van der Waals surface area contributed by atoms with Crippen LogP contribution in [0.5, 0.6) is 23.0 Å². The number of methoxy groups -OCH3 is 3. The van der Waals surface area contributed by atoms with E-state index in [4.69, 9.17) is 26.4 Å². The number of nitrogens with one attached hydrogen (secondary N) is 2. The Balaban J connectivity index is 1.99. The van der Waals surface area contributed by atoms with Crippen LogP contribution in [-0.4, -0.2) is 37.8 Å². The van der Waals surface area contributed by atoms with Crippen LogP contribution in [0.4, 0.5) is 5.69 Å². The SMILES string of the molecule is COc1ccc(O)c(C=NNC(=S)Nc2ccc(OC)c(OC)c2)c1. The number of thiocarbonyl (C=S) groups is 1. The topological polar surface area (TPSA) is 84.3 Å². The molecule has 0 fully saturated rings. The first-order valence-electron chi connectivity index (χ1n) is 7.26. The molecule has 0 saturated carbocycles. The molecule has 0 amide bonds. The Morgan fingerprint density at radius 3 is 2.48 bits per heavy atom. The van der Waals surface area contributed by atoms with Crippen molar-refractivity contribution in [2.45, 2.75) is 0 Å². The van der Waals surface area contributed by atoms with E-state index in [2.05, 4.69) is 15.8 Å². The average Bonchev–Trinajstić information content (AvgIpc) is 2.63. The van der Waals surface area contributed by atoms with Gasteiger partial charge in [0.1, 0.15) is 11.5 Å². The molecular weight excluding hydrogens is 342 g/mol. The van der Waals surface area contributed by atoms with Gasteiger partial charge < -0.3 is 24.6 Å². The van der Waals surface area contributed by atoms with Gasteiger partial charge in [-0.15, -0.1) is 0 Å². The highest BCUT2D eigenvalue weighted by Gasteiger charge is 2.05. The van der Waals surface area contributed by atoms with Gasteiger partial charge >= 0.3 is 0 Å². The van der Waals surface area contributed by atoms with E-state index in [1.165, 1.54) is 12.3 Å². The number of hydrogen-bond donors (Lipinski definition) is 3. The van der Waals surface area contributed by atoms with Gasteiger partial charge in [0, 0.05) is 17.3 Å². The second-order valence-electron chi connectivity index (χ2n) is 4.82. The van der Waals surface area contributed by atoms with E-state index >= 15 is 0 Å². The number of hydrazone groups is 1. The molecule has 0 aliphatic carbocycles. The molecule has 0 aliphatic heterocycles. The van der Waals surface area contributed by atoms with Gasteiger partial charge in [-0.1, -0.05) is 0 Å². The number of nitrogens with zero attached hydrogens (tertiary/aromatic N) is 1. The molecule has 2 rings (SSSR count). The van der Waals surface area contributed by atoms with E-state index in [0.717, 1.165) is 5.69 Å². The maximum absolute atomic E-state index is 9.79. The highest BCUT2D eigenvalue weighted by atomic mass is 32.1. The van der Waals surface area contributed by atoms with E-state index < -0.39 is 0 Å². The lowest BCUT2D eigenvalue weighted by atomic mass is 10.2. The molecule has 0 unspecified atom stereocenters. The van der Waals surface area contributed by atoms with Gasteiger partial charge in [0.25, 0.3) is 0 Å². The summed E-state index contributed by atoms with van der Waals surface area (Å²) in [6.45, 7) is 0. The molecule has 25 heavy (non-hydrogen) atoms. The Morgan fingerprint density at radius 1 is 1.04 bits per heavy atom. The largest absolute Gasteiger partial charge is 0.507 e. The zero-order valence-electron chi connectivity index (χ0n) is 14.1. The monoisotopic (exact) mass is 361 g/mol. The minimum Gasteiger partial charge on any atom is -0.507 e. The summed E-state index contributed by atoms with van der Waals surface area (Å²) >= 11 is 5.18. The van der Waals surface area contributed by atoms with Crippen LogP contribution in [0.15, 0.2) is 41.5 Å². The molecule has 0 aliphatic rings. The number of aromatic hydroxyl groups is 1. The predicted octanol–water partition coefficient (Wildman–Crippen LogP) is 2.74. The minimum atomic E-state index is 0.0881. The fourth-order valence-electron chi connectivity index (χ4n) is 2.00. The molecule has 0 radical (unpaired) electrons. The molecule has 0 heterocycles.